The van der Waals surface area contributed by atoms with Crippen LogP contribution in [0, 0.1) is 5.16 Å². The van der Waals surface area contributed by atoms with Crippen LogP contribution in [0.4, 0.5) is 0 Å². The summed E-state index contributed by atoms with van der Waals surface area (Å²) in [4.78, 5) is 0. The standard InChI is InChI=1S/ClHNOP/c1-4(2)3/h2H. The Labute approximate surface area is 28.9 Å². The lowest BCUT2D eigenvalue weighted by atomic mass is 14.0. The van der Waals surface area contributed by atoms with Crippen LogP contribution < -0.4 is 0 Å². The topological polar surface area (TPSA) is 40.9 Å². The zero-order valence-corrected chi connectivity index (χ0v) is 3.38. The van der Waals surface area contributed by atoms with Gasteiger partial charge in [0.2, 0.25) is 0 Å². The highest BCUT2D eigenvalue weighted by Crippen LogP contribution is 2.07. The van der Waals surface area contributed by atoms with E-state index in [0.717, 1.165) is 0 Å². The first kappa shape index (κ1) is 4.19. The molecule has 0 rings (SSSR count). The maximum Gasteiger partial charge on any atom is 0.288 e. The van der Waals surface area contributed by atoms with E-state index in [-0.39, 0.29) is 0 Å². The number of hydrogen-bond donors (Lipinski definition) is 1. The molecule has 24 valence electrons. The van der Waals surface area contributed by atoms with Crippen LogP contribution in [0.1, 0.15) is 0 Å². The largest absolute Gasteiger partial charge is 0.288 e. The van der Waals surface area contributed by atoms with E-state index in [1.165, 1.54) is 0 Å². The summed E-state index contributed by atoms with van der Waals surface area (Å²) in [5, 5.41) is 5.86. The molecule has 0 aromatic carbocycles. The van der Waals surface area contributed by atoms with Gasteiger partial charge in [0, 0.05) is 11.2 Å². The van der Waals surface area contributed by atoms with E-state index < -0.39 is 6.95 Å². The minimum Gasteiger partial charge on any atom is -0.244 e. The third kappa shape index (κ3) is 85.9. The average Bonchev–Trinajstić information content (AvgIpc) is 0.811. The van der Waals surface area contributed by atoms with Crippen molar-refractivity contribution in [3.8, 4) is 0 Å². The molecule has 0 aromatic rings. The summed E-state index contributed by atoms with van der Waals surface area (Å²) in [5.41, 5.74) is 0. The molecule has 4 heteroatoms. The lowest BCUT2D eigenvalue weighted by Crippen LogP contribution is -0.905. The van der Waals surface area contributed by atoms with Crippen LogP contribution in [0.25, 0.3) is 0 Å². The maximum atomic E-state index is 9.02. The summed E-state index contributed by atoms with van der Waals surface area (Å²) >= 11 is 4.45. The molecule has 0 aliphatic heterocycles. The smallest absolute Gasteiger partial charge is 0.244 e. The van der Waals surface area contributed by atoms with E-state index in [1.807, 2.05) is 0 Å². The van der Waals surface area contributed by atoms with Gasteiger partial charge < -0.3 is 0 Å². The first-order valence-electron chi connectivity index (χ1n) is 0.575. The first-order valence-corrected chi connectivity index (χ1v) is 2.74. The fourth-order valence-electron chi connectivity index (χ4n) is 0. The molecule has 0 heterocycles. The Balaban J connectivity index is 3.51. The van der Waals surface area contributed by atoms with Crippen molar-refractivity contribution in [1.29, 1.82) is 5.16 Å². The summed E-state index contributed by atoms with van der Waals surface area (Å²) in [7, 11) is 0. The average molecular weight is 97.4 g/mol. The van der Waals surface area contributed by atoms with Crippen molar-refractivity contribution in [2.45, 2.75) is 0 Å². The summed E-state index contributed by atoms with van der Waals surface area (Å²) < 4.78 is 9.02. The predicted molar refractivity (Wildman–Crippen MR) is 16.2 cm³/mol. The quantitative estimate of drug-likeness (QED) is 0.460. The van der Waals surface area contributed by atoms with Gasteiger partial charge in [-0.05, 0) is 0 Å². The second-order valence-corrected chi connectivity index (χ2v) is 1.66. The number of hydrogen-bond acceptors (Lipinski definition) is 2. The van der Waals surface area contributed by atoms with Gasteiger partial charge in [-0.25, -0.2) is 9.73 Å². The zero-order valence-electron chi connectivity index (χ0n) is 1.73. The SMILES string of the molecule is N=P(=O)Cl. The number of halogens is 1. The fraction of sp³-hybridized carbons (Fsp3) is 0. The molecule has 0 saturated carbocycles. The molecule has 0 saturated heterocycles. The van der Waals surface area contributed by atoms with Gasteiger partial charge in [0.1, 0.15) is 0 Å². The van der Waals surface area contributed by atoms with Crippen molar-refractivity contribution in [3.63, 3.8) is 0 Å². The highest BCUT2D eigenvalue weighted by Gasteiger charge is 1.52. The molecule has 2 nitrogen and oxygen atoms in total. The van der Waals surface area contributed by atoms with Gasteiger partial charge in [0.05, 0.1) is 0 Å². The third-order valence-corrected chi connectivity index (χ3v) is 0. The molecule has 1 atom stereocenters. The van der Waals surface area contributed by atoms with Crippen molar-refractivity contribution in [3.05, 3.63) is 0 Å². The monoisotopic (exact) mass is 96.9 g/mol. The van der Waals surface area contributed by atoms with Gasteiger partial charge in [0.15, 0.2) is 0 Å². The Morgan fingerprint density at radius 1 is 2.00 bits per heavy atom. The molecule has 1 unspecified atom stereocenters. The minimum absolute atomic E-state index is 2.15. The van der Waals surface area contributed by atoms with Crippen molar-refractivity contribution < 1.29 is 4.57 Å². The van der Waals surface area contributed by atoms with Crippen LogP contribution in [0.3, 0.4) is 0 Å². The van der Waals surface area contributed by atoms with Gasteiger partial charge in [-0.1, -0.05) is 0 Å². The summed E-state index contributed by atoms with van der Waals surface area (Å²) in [5.74, 6) is 0. The zero-order chi connectivity index (χ0) is 3.58. The van der Waals surface area contributed by atoms with Gasteiger partial charge in [-0.2, -0.15) is 0 Å². The molecule has 1 N–H and O–H groups in total. The second kappa shape index (κ2) is 1.50. The molecule has 0 aliphatic rings. The van der Waals surface area contributed by atoms with E-state index in [9.17, 15) is 0 Å². The Kier molecular flexibility index (Phi) is 1.57. The summed E-state index contributed by atoms with van der Waals surface area (Å²) in [6.07, 6.45) is 0. The molecule has 0 spiro atoms. The molecule has 0 fully saturated rings. The molecular weight excluding hydrogens is 96.4 g/mol. The van der Waals surface area contributed by atoms with Crippen molar-refractivity contribution >= 4 is 18.2 Å². The van der Waals surface area contributed by atoms with E-state index in [4.69, 9.17) is 9.73 Å². The van der Waals surface area contributed by atoms with Crippen LogP contribution in [-0.2, 0) is 4.57 Å². The van der Waals surface area contributed by atoms with Crippen LogP contribution in [0.15, 0.2) is 0 Å². The van der Waals surface area contributed by atoms with E-state index in [2.05, 4.69) is 11.2 Å². The summed E-state index contributed by atoms with van der Waals surface area (Å²) in [6, 6.07) is 0. The van der Waals surface area contributed by atoms with Crippen LogP contribution in [0.2, 0.25) is 0 Å². The van der Waals surface area contributed by atoms with Crippen molar-refractivity contribution in [2.24, 2.45) is 0 Å². The molecule has 4 heavy (non-hydrogen) atoms. The van der Waals surface area contributed by atoms with Gasteiger partial charge in [-0.3, -0.25) is 0 Å². The maximum absolute atomic E-state index is 9.02. The lowest BCUT2D eigenvalue weighted by Gasteiger charge is -1.35. The summed E-state index contributed by atoms with van der Waals surface area (Å²) in [6.45, 7) is -2.15. The van der Waals surface area contributed by atoms with Crippen LogP contribution in [0.5, 0.6) is 0 Å². The van der Waals surface area contributed by atoms with E-state index >= 15 is 0 Å². The Morgan fingerprint density at radius 3 is 2.00 bits per heavy atom. The van der Waals surface area contributed by atoms with Gasteiger partial charge in [-0.15, -0.1) is 0 Å². The highest BCUT2D eigenvalue weighted by molar-refractivity contribution is 7.64. The first-order chi connectivity index (χ1) is 1.73. The Morgan fingerprint density at radius 2 is 2.00 bits per heavy atom. The molecule has 0 bridgehead atoms. The molecule has 0 aromatic heterocycles. The third-order valence-electron chi connectivity index (χ3n) is 0. The normalized spacial score (nSPS) is 10.8. The highest BCUT2D eigenvalue weighted by atomic mass is 35.7. The number of rotatable bonds is 0. The van der Waals surface area contributed by atoms with Crippen LogP contribution >= 0.6 is 18.2 Å². The van der Waals surface area contributed by atoms with E-state index in [0.29, 0.717) is 0 Å². The molecule has 0 aliphatic carbocycles. The second-order valence-electron chi connectivity index (χ2n) is 0.245. The fourth-order valence-corrected chi connectivity index (χ4v) is 0. The van der Waals surface area contributed by atoms with Crippen molar-refractivity contribution in [2.75, 3.05) is 0 Å². The van der Waals surface area contributed by atoms with Gasteiger partial charge >= 0.3 is 0 Å². The minimum atomic E-state index is -2.15. The van der Waals surface area contributed by atoms with Crippen molar-refractivity contribution in [1.82, 2.24) is 0 Å². The predicted octanol–water partition coefficient (Wildman–Crippen LogP) is 1.73. The van der Waals surface area contributed by atoms with E-state index in [1.54, 1.807) is 0 Å². The molecule has 0 amide bonds. The molecular formula is HClNOP. The van der Waals surface area contributed by atoms with Gasteiger partial charge in [0.25, 0.3) is 6.95 Å². The Hall–Kier alpha value is 0.190. The van der Waals surface area contributed by atoms with Crippen LogP contribution in [-0.4, -0.2) is 0 Å². The Bertz CT molecular complexity index is 56.4. The number of nitrogens with one attached hydrogen (secondary N) is 1. The molecule has 0 radical (unpaired) electrons. The lowest BCUT2D eigenvalue weighted by molar-refractivity contribution is 0.599.